The van der Waals surface area contributed by atoms with Gasteiger partial charge in [-0.2, -0.15) is 0 Å². The minimum absolute atomic E-state index is 0.0125. The first kappa shape index (κ1) is 25.0. The first-order valence-corrected chi connectivity index (χ1v) is 12.1. The highest BCUT2D eigenvalue weighted by Gasteiger charge is 2.24. The van der Waals surface area contributed by atoms with Gasteiger partial charge in [0.15, 0.2) is 0 Å². The van der Waals surface area contributed by atoms with Crippen LogP contribution in [0.4, 0.5) is 0 Å². The van der Waals surface area contributed by atoms with Crippen LogP contribution in [0, 0.1) is 0 Å². The molecule has 7 nitrogen and oxygen atoms in total. The predicted octanol–water partition coefficient (Wildman–Crippen LogP) is 4.97. The summed E-state index contributed by atoms with van der Waals surface area (Å²) in [5, 5.41) is 3.03. The van der Waals surface area contributed by atoms with Crippen LogP contribution in [0.25, 0.3) is 11.0 Å². The quantitative estimate of drug-likeness (QED) is 0.364. The predicted molar refractivity (Wildman–Crippen MR) is 141 cm³/mol. The lowest BCUT2D eigenvalue weighted by atomic mass is 10.1. The van der Waals surface area contributed by atoms with Crippen molar-refractivity contribution < 1.29 is 14.3 Å². The molecule has 0 aliphatic rings. The van der Waals surface area contributed by atoms with E-state index in [0.29, 0.717) is 23.7 Å². The molecular formula is C29H32N4O3. The van der Waals surface area contributed by atoms with E-state index < -0.39 is 6.04 Å². The zero-order valence-electron chi connectivity index (χ0n) is 21.1. The van der Waals surface area contributed by atoms with Crippen molar-refractivity contribution in [2.75, 3.05) is 7.11 Å². The number of fused-ring (bicyclic) bond motifs is 1. The fourth-order valence-electron chi connectivity index (χ4n) is 4.33. The van der Waals surface area contributed by atoms with E-state index in [9.17, 15) is 9.59 Å². The van der Waals surface area contributed by atoms with Crippen molar-refractivity contribution in [3.8, 4) is 5.75 Å². The molecular weight excluding hydrogens is 452 g/mol. The molecule has 1 heterocycles. The molecule has 7 heteroatoms. The molecule has 1 aromatic heterocycles. The summed E-state index contributed by atoms with van der Waals surface area (Å²) >= 11 is 0. The Labute approximate surface area is 211 Å². The number of aromatic nitrogens is 2. The number of hydrogen-bond donors (Lipinski definition) is 1. The second-order valence-corrected chi connectivity index (χ2v) is 9.04. The van der Waals surface area contributed by atoms with Crippen LogP contribution in [0.5, 0.6) is 5.75 Å². The lowest BCUT2D eigenvalue weighted by molar-refractivity contribution is -0.134. The molecule has 4 aromatic rings. The van der Waals surface area contributed by atoms with Gasteiger partial charge in [0.25, 0.3) is 5.91 Å². The zero-order chi connectivity index (χ0) is 25.7. The number of methoxy groups -OCH3 is 1. The summed E-state index contributed by atoms with van der Waals surface area (Å²) in [5.41, 5.74) is 3.15. The van der Waals surface area contributed by atoms with Crippen LogP contribution < -0.4 is 10.1 Å². The van der Waals surface area contributed by atoms with Crippen molar-refractivity contribution in [2.24, 2.45) is 0 Å². The number of carbonyl (C=O) groups is 2. The van der Waals surface area contributed by atoms with Crippen molar-refractivity contribution in [1.82, 2.24) is 19.8 Å². The Bertz CT molecular complexity index is 1350. The molecule has 2 amide bonds. The Morgan fingerprint density at radius 2 is 1.61 bits per heavy atom. The van der Waals surface area contributed by atoms with Gasteiger partial charge in [0.05, 0.1) is 29.7 Å². The standard InChI is InChI=1S/C29H32N4O3/c1-20(2)32(18-22-12-6-5-7-13-22)27(34)19-33-25-16-10-9-15-24(25)31-28(33)21(3)30-29(35)23-14-8-11-17-26(23)36-4/h5-17,20-21H,18-19H2,1-4H3,(H,30,35). The first-order chi connectivity index (χ1) is 17.4. The van der Waals surface area contributed by atoms with E-state index >= 15 is 0 Å². The fraction of sp³-hybridized carbons (Fsp3) is 0.276. The fourth-order valence-corrected chi connectivity index (χ4v) is 4.33. The molecule has 1 unspecified atom stereocenters. The van der Waals surface area contributed by atoms with Gasteiger partial charge in [-0.05, 0) is 50.6 Å². The molecule has 0 spiro atoms. The third-order valence-electron chi connectivity index (χ3n) is 6.20. The summed E-state index contributed by atoms with van der Waals surface area (Å²) in [4.78, 5) is 33.3. The number of nitrogens with zero attached hydrogens (tertiary/aromatic N) is 3. The Kier molecular flexibility index (Phi) is 7.68. The van der Waals surface area contributed by atoms with Crippen LogP contribution >= 0.6 is 0 Å². The molecule has 3 aromatic carbocycles. The van der Waals surface area contributed by atoms with Crippen LogP contribution in [0.15, 0.2) is 78.9 Å². The molecule has 0 bridgehead atoms. The molecule has 36 heavy (non-hydrogen) atoms. The van der Waals surface area contributed by atoms with Gasteiger partial charge in [-0.3, -0.25) is 9.59 Å². The zero-order valence-corrected chi connectivity index (χ0v) is 21.1. The van der Waals surface area contributed by atoms with Gasteiger partial charge in [-0.1, -0.05) is 54.6 Å². The van der Waals surface area contributed by atoms with E-state index in [-0.39, 0.29) is 24.4 Å². The van der Waals surface area contributed by atoms with E-state index in [1.165, 1.54) is 7.11 Å². The number of para-hydroxylation sites is 3. The van der Waals surface area contributed by atoms with Crippen molar-refractivity contribution >= 4 is 22.8 Å². The van der Waals surface area contributed by atoms with E-state index in [2.05, 4.69) is 5.32 Å². The van der Waals surface area contributed by atoms with Gasteiger partial charge >= 0.3 is 0 Å². The third kappa shape index (κ3) is 5.40. The number of nitrogens with one attached hydrogen (secondary N) is 1. The van der Waals surface area contributed by atoms with Gasteiger partial charge in [0.2, 0.25) is 5.91 Å². The Balaban J connectivity index is 1.62. The first-order valence-electron chi connectivity index (χ1n) is 12.1. The molecule has 0 aliphatic heterocycles. The number of carbonyl (C=O) groups excluding carboxylic acids is 2. The smallest absolute Gasteiger partial charge is 0.255 e. The van der Waals surface area contributed by atoms with Crippen LogP contribution in [0.3, 0.4) is 0 Å². The number of amides is 2. The summed E-state index contributed by atoms with van der Waals surface area (Å²) in [7, 11) is 1.54. The number of imidazole rings is 1. The summed E-state index contributed by atoms with van der Waals surface area (Å²) < 4.78 is 7.25. The molecule has 1 atom stereocenters. The van der Waals surface area contributed by atoms with Crippen molar-refractivity contribution in [3.63, 3.8) is 0 Å². The highest BCUT2D eigenvalue weighted by atomic mass is 16.5. The molecule has 4 rings (SSSR count). The van der Waals surface area contributed by atoms with E-state index in [1.807, 2.05) is 90.9 Å². The Hall–Kier alpha value is -4.13. The molecule has 0 radical (unpaired) electrons. The lowest BCUT2D eigenvalue weighted by Gasteiger charge is -2.28. The molecule has 0 fully saturated rings. The highest BCUT2D eigenvalue weighted by Crippen LogP contribution is 2.23. The van der Waals surface area contributed by atoms with Gasteiger partial charge < -0.3 is 19.5 Å². The highest BCUT2D eigenvalue weighted by molar-refractivity contribution is 5.97. The summed E-state index contributed by atoms with van der Waals surface area (Å²) in [6, 6.07) is 24.4. The number of rotatable bonds is 9. The molecule has 186 valence electrons. The van der Waals surface area contributed by atoms with Crippen LogP contribution in [0.2, 0.25) is 0 Å². The Morgan fingerprint density at radius 3 is 2.33 bits per heavy atom. The van der Waals surface area contributed by atoms with Gasteiger partial charge in [0.1, 0.15) is 18.1 Å². The molecule has 0 aliphatic carbocycles. The van der Waals surface area contributed by atoms with Gasteiger partial charge in [0, 0.05) is 12.6 Å². The summed E-state index contributed by atoms with van der Waals surface area (Å²) in [6.45, 7) is 6.56. The maximum Gasteiger partial charge on any atom is 0.255 e. The molecule has 0 saturated carbocycles. The monoisotopic (exact) mass is 484 g/mol. The third-order valence-corrected chi connectivity index (χ3v) is 6.20. The normalized spacial score (nSPS) is 11.9. The Morgan fingerprint density at radius 1 is 0.944 bits per heavy atom. The topological polar surface area (TPSA) is 76.5 Å². The number of benzene rings is 3. The second kappa shape index (κ2) is 11.1. The maximum absolute atomic E-state index is 13.6. The van der Waals surface area contributed by atoms with Crippen LogP contribution in [-0.4, -0.2) is 39.4 Å². The minimum Gasteiger partial charge on any atom is -0.496 e. The minimum atomic E-state index is -0.441. The lowest BCUT2D eigenvalue weighted by Crippen LogP contribution is -2.39. The van der Waals surface area contributed by atoms with Crippen molar-refractivity contribution in [1.29, 1.82) is 0 Å². The average molecular weight is 485 g/mol. The SMILES string of the molecule is COc1ccccc1C(=O)NC(C)c1nc2ccccc2n1CC(=O)N(Cc1ccccc1)C(C)C. The van der Waals surface area contributed by atoms with Crippen molar-refractivity contribution in [3.05, 3.63) is 95.8 Å². The molecule has 1 N–H and O–H groups in total. The summed E-state index contributed by atoms with van der Waals surface area (Å²) in [6.07, 6.45) is 0. The summed E-state index contributed by atoms with van der Waals surface area (Å²) in [5.74, 6) is 0.842. The second-order valence-electron chi connectivity index (χ2n) is 9.04. The van der Waals surface area contributed by atoms with Crippen LogP contribution in [0.1, 0.15) is 48.6 Å². The van der Waals surface area contributed by atoms with Crippen LogP contribution in [-0.2, 0) is 17.9 Å². The maximum atomic E-state index is 13.6. The number of hydrogen-bond acceptors (Lipinski definition) is 4. The van der Waals surface area contributed by atoms with E-state index in [4.69, 9.17) is 9.72 Å². The van der Waals surface area contributed by atoms with E-state index in [0.717, 1.165) is 16.6 Å². The average Bonchev–Trinajstić information content (AvgIpc) is 3.26. The molecule has 0 saturated heterocycles. The van der Waals surface area contributed by atoms with E-state index in [1.54, 1.807) is 18.2 Å². The van der Waals surface area contributed by atoms with Gasteiger partial charge in [-0.15, -0.1) is 0 Å². The van der Waals surface area contributed by atoms with Crippen molar-refractivity contribution in [2.45, 2.75) is 45.9 Å². The largest absolute Gasteiger partial charge is 0.496 e. The number of ether oxygens (including phenoxy) is 1. The van der Waals surface area contributed by atoms with Gasteiger partial charge in [-0.25, -0.2) is 4.98 Å².